The summed E-state index contributed by atoms with van der Waals surface area (Å²) in [6.07, 6.45) is 6.38. The van der Waals surface area contributed by atoms with E-state index in [0.29, 0.717) is 17.9 Å². The van der Waals surface area contributed by atoms with E-state index in [9.17, 15) is 15.0 Å². The molecule has 0 spiro atoms. The topological polar surface area (TPSA) is 66.8 Å². The van der Waals surface area contributed by atoms with Crippen molar-refractivity contribution in [2.24, 2.45) is 11.8 Å². The molecule has 0 saturated heterocycles. The van der Waals surface area contributed by atoms with E-state index in [4.69, 9.17) is 4.74 Å². The van der Waals surface area contributed by atoms with Gasteiger partial charge in [0.15, 0.2) is 0 Å². The van der Waals surface area contributed by atoms with Gasteiger partial charge in [0.1, 0.15) is 5.60 Å². The van der Waals surface area contributed by atoms with Crippen LogP contribution in [0.25, 0.3) is 0 Å². The van der Waals surface area contributed by atoms with Gasteiger partial charge in [0.25, 0.3) is 0 Å². The number of aliphatic hydroxyl groups excluding tert-OH is 1. The van der Waals surface area contributed by atoms with Crippen LogP contribution >= 0.6 is 0 Å². The third kappa shape index (κ3) is 5.83. The van der Waals surface area contributed by atoms with Crippen molar-refractivity contribution in [1.29, 1.82) is 0 Å². The molecule has 1 aliphatic carbocycles. The molecule has 4 heteroatoms. The first-order valence-corrected chi connectivity index (χ1v) is 12.7. The van der Waals surface area contributed by atoms with Crippen molar-refractivity contribution in [2.75, 3.05) is 7.11 Å². The van der Waals surface area contributed by atoms with Gasteiger partial charge in [0, 0.05) is 0 Å². The third-order valence-electron chi connectivity index (χ3n) is 7.67. The van der Waals surface area contributed by atoms with Crippen molar-refractivity contribution >= 4 is 5.97 Å². The van der Waals surface area contributed by atoms with Crippen molar-refractivity contribution in [2.45, 2.75) is 56.7 Å². The smallest absolute Gasteiger partial charge is 0.337 e. The molecule has 1 aliphatic rings. The zero-order valence-electron chi connectivity index (χ0n) is 20.5. The summed E-state index contributed by atoms with van der Waals surface area (Å²) >= 11 is 0. The standard InChI is InChI=1S/C31H36O4/c1-35-30(33)25-19-17-24(18-20-25)29(32)14-8-9-23-15-21-28(22-16-23)31(34,26-10-4-2-5-11-26)27-12-6-3-7-13-27/h2-7,10-13,17-20,23,28-29,32,34H,8-9,14-16,21-22H2,1H3. The summed E-state index contributed by atoms with van der Waals surface area (Å²) in [5.74, 6) is 0.437. The van der Waals surface area contributed by atoms with E-state index in [0.717, 1.165) is 55.2 Å². The Morgan fingerprint density at radius 2 is 1.43 bits per heavy atom. The second-order valence-corrected chi connectivity index (χ2v) is 9.78. The number of hydrogen-bond donors (Lipinski definition) is 2. The summed E-state index contributed by atoms with van der Waals surface area (Å²) in [6, 6.07) is 27.2. The van der Waals surface area contributed by atoms with Gasteiger partial charge in [-0.3, -0.25) is 0 Å². The zero-order chi connectivity index (χ0) is 24.7. The highest BCUT2D eigenvalue weighted by molar-refractivity contribution is 5.89. The van der Waals surface area contributed by atoms with Crippen LogP contribution in [0, 0.1) is 11.8 Å². The Labute approximate surface area is 208 Å². The van der Waals surface area contributed by atoms with E-state index < -0.39 is 11.7 Å². The van der Waals surface area contributed by atoms with Crippen LogP contribution in [0.4, 0.5) is 0 Å². The van der Waals surface area contributed by atoms with Crippen LogP contribution in [0.5, 0.6) is 0 Å². The van der Waals surface area contributed by atoms with Gasteiger partial charge in [-0.1, -0.05) is 98.5 Å². The van der Waals surface area contributed by atoms with Crippen LogP contribution in [-0.4, -0.2) is 23.3 Å². The Balaban J connectivity index is 1.31. The lowest BCUT2D eigenvalue weighted by Gasteiger charge is -2.41. The summed E-state index contributed by atoms with van der Waals surface area (Å²) in [5, 5.41) is 22.6. The van der Waals surface area contributed by atoms with Crippen LogP contribution < -0.4 is 0 Å². The molecule has 2 N–H and O–H groups in total. The van der Waals surface area contributed by atoms with Crippen LogP contribution in [-0.2, 0) is 10.3 Å². The quantitative estimate of drug-likeness (QED) is 0.353. The van der Waals surface area contributed by atoms with Crippen molar-refractivity contribution < 1.29 is 19.7 Å². The number of benzene rings is 3. The van der Waals surface area contributed by atoms with Crippen LogP contribution in [0.15, 0.2) is 84.9 Å². The van der Waals surface area contributed by atoms with E-state index in [2.05, 4.69) is 0 Å². The van der Waals surface area contributed by atoms with E-state index >= 15 is 0 Å². The molecule has 1 atom stereocenters. The molecule has 0 heterocycles. The van der Waals surface area contributed by atoms with E-state index in [1.807, 2.05) is 60.7 Å². The molecule has 0 aliphatic heterocycles. The summed E-state index contributed by atoms with van der Waals surface area (Å²) < 4.78 is 4.73. The lowest BCUT2D eigenvalue weighted by atomic mass is 9.67. The molecule has 4 rings (SSSR count). The Morgan fingerprint density at radius 1 is 0.886 bits per heavy atom. The average Bonchev–Trinajstić information content (AvgIpc) is 2.93. The lowest BCUT2D eigenvalue weighted by Crippen LogP contribution is -2.38. The largest absolute Gasteiger partial charge is 0.465 e. The van der Waals surface area contributed by atoms with Crippen molar-refractivity contribution in [3.63, 3.8) is 0 Å². The van der Waals surface area contributed by atoms with E-state index in [-0.39, 0.29) is 11.9 Å². The highest BCUT2D eigenvalue weighted by atomic mass is 16.5. The minimum atomic E-state index is -0.972. The Kier molecular flexibility index (Phi) is 8.37. The summed E-state index contributed by atoms with van der Waals surface area (Å²) in [4.78, 5) is 11.6. The van der Waals surface area contributed by atoms with Gasteiger partial charge in [-0.2, -0.15) is 0 Å². The molecule has 4 nitrogen and oxygen atoms in total. The van der Waals surface area contributed by atoms with Gasteiger partial charge in [-0.25, -0.2) is 4.79 Å². The van der Waals surface area contributed by atoms with Crippen LogP contribution in [0.2, 0.25) is 0 Å². The monoisotopic (exact) mass is 472 g/mol. The normalized spacial score (nSPS) is 19.2. The summed E-state index contributed by atoms with van der Waals surface area (Å²) in [5.41, 5.74) is 2.29. The van der Waals surface area contributed by atoms with E-state index in [1.165, 1.54) is 7.11 Å². The maximum atomic E-state index is 12.0. The predicted molar refractivity (Wildman–Crippen MR) is 138 cm³/mol. The summed E-state index contributed by atoms with van der Waals surface area (Å²) in [7, 11) is 1.36. The highest BCUT2D eigenvalue weighted by Crippen LogP contribution is 2.46. The predicted octanol–water partition coefficient (Wildman–Crippen LogP) is 6.42. The van der Waals surface area contributed by atoms with Gasteiger partial charge in [0.05, 0.1) is 18.8 Å². The number of carbonyl (C=O) groups excluding carboxylic acids is 1. The number of rotatable bonds is 9. The minimum Gasteiger partial charge on any atom is -0.465 e. The zero-order valence-corrected chi connectivity index (χ0v) is 20.5. The fourth-order valence-electron chi connectivity index (χ4n) is 5.62. The van der Waals surface area contributed by atoms with Crippen molar-refractivity contribution in [3.8, 4) is 0 Å². The maximum Gasteiger partial charge on any atom is 0.337 e. The second-order valence-electron chi connectivity index (χ2n) is 9.78. The van der Waals surface area contributed by atoms with Crippen LogP contribution in [0.1, 0.15) is 78.1 Å². The van der Waals surface area contributed by atoms with Gasteiger partial charge < -0.3 is 14.9 Å². The SMILES string of the molecule is COC(=O)c1ccc(C(O)CCCC2CCC(C(O)(c3ccccc3)c3ccccc3)CC2)cc1. The fraction of sp³-hybridized carbons (Fsp3) is 0.387. The second kappa shape index (κ2) is 11.7. The first-order chi connectivity index (χ1) is 17.0. The molecule has 184 valence electrons. The van der Waals surface area contributed by atoms with Gasteiger partial charge in [-0.05, 0) is 59.9 Å². The number of carbonyl (C=O) groups is 1. The molecule has 1 unspecified atom stereocenters. The molecule has 1 saturated carbocycles. The first-order valence-electron chi connectivity index (χ1n) is 12.7. The van der Waals surface area contributed by atoms with Crippen molar-refractivity contribution in [1.82, 2.24) is 0 Å². The molecule has 0 aromatic heterocycles. The lowest BCUT2D eigenvalue weighted by molar-refractivity contribution is -0.00829. The Morgan fingerprint density at radius 3 is 1.94 bits per heavy atom. The van der Waals surface area contributed by atoms with Gasteiger partial charge >= 0.3 is 5.97 Å². The number of methoxy groups -OCH3 is 1. The van der Waals surface area contributed by atoms with Crippen molar-refractivity contribution in [3.05, 3.63) is 107 Å². The van der Waals surface area contributed by atoms with Gasteiger partial charge in [0.2, 0.25) is 0 Å². The summed E-state index contributed by atoms with van der Waals surface area (Å²) in [6.45, 7) is 0. The highest BCUT2D eigenvalue weighted by Gasteiger charge is 2.41. The van der Waals surface area contributed by atoms with Gasteiger partial charge in [-0.15, -0.1) is 0 Å². The molecule has 3 aromatic carbocycles. The maximum absolute atomic E-state index is 12.0. The molecular formula is C31H36O4. The average molecular weight is 473 g/mol. The Hall–Kier alpha value is -2.95. The molecular weight excluding hydrogens is 436 g/mol. The molecule has 0 radical (unpaired) electrons. The Bertz CT molecular complexity index is 1010. The number of ether oxygens (including phenoxy) is 1. The fourth-order valence-corrected chi connectivity index (χ4v) is 5.62. The molecule has 1 fully saturated rings. The molecule has 3 aromatic rings. The first kappa shape index (κ1) is 25.2. The molecule has 35 heavy (non-hydrogen) atoms. The number of hydrogen-bond acceptors (Lipinski definition) is 4. The molecule has 0 amide bonds. The number of esters is 1. The third-order valence-corrected chi connectivity index (χ3v) is 7.67. The number of aliphatic hydroxyl groups is 2. The van der Waals surface area contributed by atoms with Crippen LogP contribution in [0.3, 0.4) is 0 Å². The van der Waals surface area contributed by atoms with E-state index in [1.54, 1.807) is 24.3 Å². The molecule has 0 bridgehead atoms. The minimum absolute atomic E-state index is 0.183.